The zero-order valence-corrected chi connectivity index (χ0v) is 11.4. The maximum Gasteiger partial charge on any atom is 0.266 e. The monoisotopic (exact) mass is 289 g/mol. The average Bonchev–Trinajstić information content (AvgIpc) is 2.51. The van der Waals surface area contributed by atoms with Crippen molar-refractivity contribution < 1.29 is 4.39 Å². The third-order valence-corrected chi connectivity index (χ3v) is 3.79. The molecule has 1 fully saturated rings. The fourth-order valence-electron chi connectivity index (χ4n) is 2.72. The van der Waals surface area contributed by atoms with E-state index in [0.717, 1.165) is 31.9 Å². The van der Waals surface area contributed by atoms with Crippen molar-refractivity contribution >= 4 is 5.82 Å². The van der Waals surface area contributed by atoms with Gasteiger partial charge in [-0.05, 0) is 31.7 Å². The van der Waals surface area contributed by atoms with E-state index in [0.29, 0.717) is 0 Å². The Kier molecular flexibility index (Phi) is 3.89. The van der Waals surface area contributed by atoms with Gasteiger partial charge in [0.1, 0.15) is 6.33 Å². The van der Waals surface area contributed by atoms with Crippen LogP contribution in [0.15, 0.2) is 35.6 Å². The van der Waals surface area contributed by atoms with Crippen molar-refractivity contribution in [2.24, 2.45) is 0 Å². The Morgan fingerprint density at radius 3 is 2.81 bits per heavy atom. The molecule has 2 heterocycles. The summed E-state index contributed by atoms with van der Waals surface area (Å²) >= 11 is 0. The van der Waals surface area contributed by atoms with Crippen molar-refractivity contribution in [1.29, 1.82) is 0 Å². The van der Waals surface area contributed by atoms with Crippen molar-refractivity contribution in [2.75, 3.05) is 5.32 Å². The normalized spacial score (nSPS) is 22.0. The Bertz CT molecular complexity index is 666. The molecule has 1 aliphatic rings. The lowest BCUT2D eigenvalue weighted by Gasteiger charge is -2.29. The molecule has 3 rings (SSSR count). The van der Waals surface area contributed by atoms with Crippen LogP contribution in [0.3, 0.4) is 0 Å². The molecule has 6 nitrogen and oxygen atoms in total. The maximum atomic E-state index is 13.5. The van der Waals surface area contributed by atoms with E-state index in [1.807, 2.05) is 0 Å². The van der Waals surface area contributed by atoms with Gasteiger partial charge in [0, 0.05) is 18.3 Å². The standard InChI is InChI=1S/C14H16FN5O/c15-12-8-16-9-17-14(12)19-10-3-5-11(6-4-10)20-13(21)2-1-7-18-20/h1-2,7-11H,3-6H2,(H,16,17,19). The van der Waals surface area contributed by atoms with E-state index in [-0.39, 0.29) is 23.5 Å². The van der Waals surface area contributed by atoms with Gasteiger partial charge in [-0.3, -0.25) is 4.79 Å². The minimum atomic E-state index is -0.444. The van der Waals surface area contributed by atoms with Gasteiger partial charge in [-0.2, -0.15) is 5.10 Å². The third kappa shape index (κ3) is 3.07. The highest BCUT2D eigenvalue weighted by Crippen LogP contribution is 2.28. The Hall–Kier alpha value is -2.31. The van der Waals surface area contributed by atoms with Gasteiger partial charge in [0.2, 0.25) is 0 Å². The number of aromatic nitrogens is 4. The maximum absolute atomic E-state index is 13.5. The highest BCUT2D eigenvalue weighted by molar-refractivity contribution is 5.35. The first-order chi connectivity index (χ1) is 10.2. The molecule has 2 aromatic heterocycles. The van der Waals surface area contributed by atoms with Crippen LogP contribution in [0.4, 0.5) is 10.2 Å². The molecule has 21 heavy (non-hydrogen) atoms. The Morgan fingerprint density at radius 2 is 2.10 bits per heavy atom. The molecule has 0 aromatic carbocycles. The first-order valence-corrected chi connectivity index (χ1v) is 7.00. The number of halogens is 1. The summed E-state index contributed by atoms with van der Waals surface area (Å²) in [4.78, 5) is 19.3. The summed E-state index contributed by atoms with van der Waals surface area (Å²) in [6.45, 7) is 0. The van der Waals surface area contributed by atoms with Gasteiger partial charge in [-0.25, -0.2) is 19.0 Å². The molecule has 0 spiro atoms. The van der Waals surface area contributed by atoms with E-state index in [2.05, 4.69) is 20.4 Å². The van der Waals surface area contributed by atoms with Crippen molar-refractivity contribution in [3.05, 3.63) is 47.0 Å². The number of rotatable bonds is 3. The van der Waals surface area contributed by atoms with Crippen molar-refractivity contribution in [3.8, 4) is 0 Å². The van der Waals surface area contributed by atoms with Gasteiger partial charge in [0.15, 0.2) is 11.6 Å². The molecule has 0 unspecified atom stereocenters. The fraction of sp³-hybridized carbons (Fsp3) is 0.429. The summed E-state index contributed by atoms with van der Waals surface area (Å²) in [6, 6.07) is 3.44. The minimum Gasteiger partial charge on any atom is -0.365 e. The van der Waals surface area contributed by atoms with Crippen LogP contribution in [0.1, 0.15) is 31.7 Å². The van der Waals surface area contributed by atoms with E-state index >= 15 is 0 Å². The van der Waals surface area contributed by atoms with Crippen LogP contribution in [0, 0.1) is 5.82 Å². The molecule has 1 aliphatic carbocycles. The second kappa shape index (κ2) is 5.99. The van der Waals surface area contributed by atoms with Crippen molar-refractivity contribution in [3.63, 3.8) is 0 Å². The van der Waals surface area contributed by atoms with Crippen LogP contribution in [-0.2, 0) is 0 Å². The number of hydrogen-bond acceptors (Lipinski definition) is 5. The predicted octanol–water partition coefficient (Wildman–Crippen LogP) is 1.77. The quantitative estimate of drug-likeness (QED) is 0.932. The molecule has 1 N–H and O–H groups in total. The number of anilines is 1. The second-order valence-electron chi connectivity index (χ2n) is 5.18. The Labute approximate surface area is 121 Å². The van der Waals surface area contributed by atoms with Gasteiger partial charge in [-0.1, -0.05) is 0 Å². The summed E-state index contributed by atoms with van der Waals surface area (Å²) in [6.07, 6.45) is 7.46. The zero-order valence-electron chi connectivity index (χ0n) is 11.4. The summed E-state index contributed by atoms with van der Waals surface area (Å²) in [7, 11) is 0. The molecular formula is C14H16FN5O. The van der Waals surface area contributed by atoms with E-state index < -0.39 is 5.82 Å². The molecule has 2 aromatic rings. The lowest BCUT2D eigenvalue weighted by Crippen LogP contribution is -2.33. The van der Waals surface area contributed by atoms with Crippen LogP contribution in [0.5, 0.6) is 0 Å². The summed E-state index contributed by atoms with van der Waals surface area (Å²) in [5.41, 5.74) is -0.0734. The van der Waals surface area contributed by atoms with E-state index in [9.17, 15) is 9.18 Å². The lowest BCUT2D eigenvalue weighted by atomic mass is 9.91. The molecule has 0 atom stereocenters. The molecule has 110 valence electrons. The second-order valence-corrected chi connectivity index (χ2v) is 5.18. The Balaban J connectivity index is 1.62. The first kappa shape index (κ1) is 13.7. The largest absolute Gasteiger partial charge is 0.365 e. The molecule has 0 bridgehead atoms. The summed E-state index contributed by atoms with van der Waals surface area (Å²) < 4.78 is 15.0. The number of nitrogens with one attached hydrogen (secondary N) is 1. The molecule has 0 radical (unpaired) electrons. The Morgan fingerprint density at radius 1 is 1.29 bits per heavy atom. The highest BCUT2D eigenvalue weighted by atomic mass is 19.1. The number of hydrogen-bond donors (Lipinski definition) is 1. The van der Waals surface area contributed by atoms with E-state index in [1.54, 1.807) is 16.9 Å². The number of nitrogens with zero attached hydrogens (tertiary/aromatic N) is 4. The van der Waals surface area contributed by atoms with Crippen LogP contribution < -0.4 is 10.9 Å². The van der Waals surface area contributed by atoms with Gasteiger partial charge in [-0.15, -0.1) is 0 Å². The zero-order chi connectivity index (χ0) is 14.7. The summed E-state index contributed by atoms with van der Waals surface area (Å²) in [5, 5.41) is 7.23. The van der Waals surface area contributed by atoms with Crippen LogP contribution in [0.25, 0.3) is 0 Å². The molecule has 7 heteroatoms. The smallest absolute Gasteiger partial charge is 0.266 e. The van der Waals surface area contributed by atoms with Crippen LogP contribution in [0.2, 0.25) is 0 Å². The van der Waals surface area contributed by atoms with Gasteiger partial charge < -0.3 is 5.32 Å². The minimum absolute atomic E-state index is 0.0734. The van der Waals surface area contributed by atoms with Gasteiger partial charge in [0.05, 0.1) is 12.2 Å². The van der Waals surface area contributed by atoms with Gasteiger partial charge >= 0.3 is 0 Å². The predicted molar refractivity (Wildman–Crippen MR) is 75.4 cm³/mol. The molecular weight excluding hydrogens is 273 g/mol. The van der Waals surface area contributed by atoms with Crippen LogP contribution >= 0.6 is 0 Å². The topological polar surface area (TPSA) is 72.7 Å². The fourth-order valence-corrected chi connectivity index (χ4v) is 2.72. The van der Waals surface area contributed by atoms with Gasteiger partial charge in [0.25, 0.3) is 5.56 Å². The third-order valence-electron chi connectivity index (χ3n) is 3.79. The lowest BCUT2D eigenvalue weighted by molar-refractivity contribution is 0.303. The summed E-state index contributed by atoms with van der Waals surface area (Å²) in [5.74, 6) is -0.205. The highest BCUT2D eigenvalue weighted by Gasteiger charge is 2.24. The average molecular weight is 289 g/mol. The molecule has 1 saturated carbocycles. The van der Waals surface area contributed by atoms with E-state index in [1.165, 1.54) is 12.4 Å². The molecule has 0 saturated heterocycles. The van der Waals surface area contributed by atoms with E-state index in [4.69, 9.17) is 0 Å². The first-order valence-electron chi connectivity index (χ1n) is 7.00. The molecule has 0 amide bonds. The van der Waals surface area contributed by atoms with Crippen LogP contribution in [-0.4, -0.2) is 25.8 Å². The molecule has 0 aliphatic heterocycles. The van der Waals surface area contributed by atoms with Crippen molar-refractivity contribution in [2.45, 2.75) is 37.8 Å². The van der Waals surface area contributed by atoms with Crippen molar-refractivity contribution in [1.82, 2.24) is 19.7 Å². The SMILES string of the molecule is O=c1cccnn1C1CCC(Nc2ncncc2F)CC1.